The molecule has 0 aromatic heterocycles. The topological polar surface area (TPSA) is 37.4 Å². The molecule has 2 rings (SSSR count). The van der Waals surface area contributed by atoms with Gasteiger partial charge in [0.25, 0.3) is 5.91 Å². The van der Waals surface area contributed by atoms with Crippen molar-refractivity contribution in [1.82, 2.24) is 0 Å². The van der Waals surface area contributed by atoms with E-state index in [0.29, 0.717) is 5.57 Å². The Morgan fingerprint density at radius 2 is 1.90 bits per heavy atom. The van der Waals surface area contributed by atoms with Crippen molar-refractivity contribution in [2.45, 2.75) is 26.4 Å². The molecule has 2 amide bonds. The lowest BCUT2D eigenvalue weighted by atomic mass is 10.1. The summed E-state index contributed by atoms with van der Waals surface area (Å²) in [5, 5.41) is 0. The smallest absolute Gasteiger partial charge is 0.274 e. The van der Waals surface area contributed by atoms with E-state index in [1.165, 1.54) is 12.1 Å². The summed E-state index contributed by atoms with van der Waals surface area (Å²) in [7, 11) is 0. The van der Waals surface area contributed by atoms with Crippen molar-refractivity contribution >= 4 is 17.5 Å². The van der Waals surface area contributed by atoms with Gasteiger partial charge in [0.15, 0.2) is 0 Å². The Hall–Kier alpha value is -2.11. The van der Waals surface area contributed by atoms with Crippen molar-refractivity contribution in [3.8, 4) is 0 Å². The minimum Gasteiger partial charge on any atom is -0.274 e. The largest absolute Gasteiger partial charge is 0.416 e. The van der Waals surface area contributed by atoms with Gasteiger partial charge < -0.3 is 0 Å². The zero-order valence-corrected chi connectivity index (χ0v) is 11.6. The van der Waals surface area contributed by atoms with Gasteiger partial charge in [-0.05, 0) is 24.1 Å². The van der Waals surface area contributed by atoms with Crippen LogP contribution in [0.3, 0.4) is 0 Å². The highest BCUT2D eigenvalue weighted by Crippen LogP contribution is 2.33. The van der Waals surface area contributed by atoms with Gasteiger partial charge in [0.1, 0.15) is 0 Å². The van der Waals surface area contributed by atoms with Crippen LogP contribution in [0.4, 0.5) is 18.9 Å². The number of alkyl halides is 3. The second-order valence-electron chi connectivity index (χ2n) is 5.20. The Morgan fingerprint density at radius 1 is 1.24 bits per heavy atom. The third kappa shape index (κ3) is 3.15. The first kappa shape index (κ1) is 15.3. The van der Waals surface area contributed by atoms with E-state index in [-0.39, 0.29) is 18.0 Å². The molecule has 0 saturated carbocycles. The summed E-state index contributed by atoms with van der Waals surface area (Å²) < 4.78 is 38.1. The molecule has 1 heterocycles. The van der Waals surface area contributed by atoms with E-state index < -0.39 is 23.6 Å². The molecule has 0 unspecified atom stereocenters. The van der Waals surface area contributed by atoms with Crippen LogP contribution in [0, 0.1) is 5.92 Å². The number of imide groups is 1. The molecule has 6 heteroatoms. The third-order valence-corrected chi connectivity index (χ3v) is 3.04. The van der Waals surface area contributed by atoms with E-state index >= 15 is 0 Å². The Kier molecular flexibility index (Phi) is 3.89. The number of hydrogen-bond acceptors (Lipinski definition) is 2. The maximum Gasteiger partial charge on any atom is 0.416 e. The first-order chi connectivity index (χ1) is 9.70. The monoisotopic (exact) mass is 297 g/mol. The van der Waals surface area contributed by atoms with Gasteiger partial charge in [-0.25, -0.2) is 4.90 Å². The summed E-state index contributed by atoms with van der Waals surface area (Å²) >= 11 is 0. The van der Waals surface area contributed by atoms with Gasteiger partial charge in [0.2, 0.25) is 5.91 Å². The average Bonchev–Trinajstić information content (AvgIpc) is 2.63. The van der Waals surface area contributed by atoms with Gasteiger partial charge in [-0.15, -0.1) is 0 Å². The van der Waals surface area contributed by atoms with Gasteiger partial charge in [-0.2, -0.15) is 13.2 Å². The van der Waals surface area contributed by atoms with E-state index in [2.05, 4.69) is 0 Å². The maximum absolute atomic E-state index is 12.7. The van der Waals surface area contributed by atoms with Gasteiger partial charge >= 0.3 is 6.18 Å². The van der Waals surface area contributed by atoms with Crippen molar-refractivity contribution in [3.63, 3.8) is 0 Å². The Morgan fingerprint density at radius 3 is 2.48 bits per heavy atom. The number of carbonyl (C=O) groups excluding carboxylic acids is 2. The number of rotatable bonds is 2. The number of hydrogen-bond donors (Lipinski definition) is 0. The summed E-state index contributed by atoms with van der Waals surface area (Å²) in [6.45, 7) is 3.72. The van der Waals surface area contributed by atoms with Crippen LogP contribution in [0.2, 0.25) is 0 Å². The molecule has 0 N–H and O–H groups in total. The summed E-state index contributed by atoms with van der Waals surface area (Å²) in [6.07, 6.45) is -2.93. The number of allylic oxidation sites excluding steroid dienone is 1. The Bertz CT molecular complexity index is 618. The highest BCUT2D eigenvalue weighted by atomic mass is 19.4. The fourth-order valence-electron chi connectivity index (χ4n) is 2.19. The standard InChI is InChI=1S/C15H14F3NO2/c1-9(2)6-10-7-13(20)19(14(10)21)12-5-3-4-11(8-12)15(16,17)18/h3-6,8-9H,7H2,1-2H3. The number of carbonyl (C=O) groups is 2. The molecule has 0 atom stereocenters. The van der Waals surface area contributed by atoms with E-state index in [9.17, 15) is 22.8 Å². The quantitative estimate of drug-likeness (QED) is 0.618. The van der Waals surface area contributed by atoms with E-state index in [0.717, 1.165) is 17.0 Å². The fraction of sp³-hybridized carbons (Fsp3) is 0.333. The van der Waals surface area contributed by atoms with Crippen molar-refractivity contribution < 1.29 is 22.8 Å². The molecular formula is C15H14F3NO2. The van der Waals surface area contributed by atoms with Crippen LogP contribution in [0.1, 0.15) is 25.8 Å². The van der Waals surface area contributed by atoms with Gasteiger partial charge in [-0.1, -0.05) is 26.0 Å². The maximum atomic E-state index is 12.7. The van der Waals surface area contributed by atoms with Gasteiger partial charge in [0, 0.05) is 5.57 Å². The second-order valence-corrected chi connectivity index (χ2v) is 5.20. The molecule has 112 valence electrons. The van der Waals surface area contributed by atoms with Crippen LogP contribution in [0.25, 0.3) is 0 Å². The molecule has 0 aliphatic carbocycles. The first-order valence-electron chi connectivity index (χ1n) is 6.45. The fourth-order valence-corrected chi connectivity index (χ4v) is 2.19. The van der Waals surface area contributed by atoms with Crippen LogP contribution >= 0.6 is 0 Å². The third-order valence-electron chi connectivity index (χ3n) is 3.04. The van der Waals surface area contributed by atoms with Crippen LogP contribution in [-0.2, 0) is 15.8 Å². The lowest BCUT2D eigenvalue weighted by Gasteiger charge is -2.15. The second kappa shape index (κ2) is 5.35. The molecule has 1 aliphatic heterocycles. The number of amides is 2. The first-order valence-corrected chi connectivity index (χ1v) is 6.45. The summed E-state index contributed by atoms with van der Waals surface area (Å²) in [5.74, 6) is -0.975. The van der Waals surface area contributed by atoms with E-state index in [1.54, 1.807) is 6.08 Å². The Labute approximate surface area is 120 Å². The lowest BCUT2D eigenvalue weighted by molar-refractivity contribution is -0.137. The predicted molar refractivity (Wildman–Crippen MR) is 71.5 cm³/mol. The number of benzene rings is 1. The number of nitrogens with zero attached hydrogens (tertiary/aromatic N) is 1. The number of anilines is 1. The minimum absolute atomic E-state index is 0.0491. The van der Waals surface area contributed by atoms with Crippen LogP contribution in [0.5, 0.6) is 0 Å². The van der Waals surface area contributed by atoms with Crippen LogP contribution in [0.15, 0.2) is 35.9 Å². The number of halogens is 3. The molecule has 1 aromatic carbocycles. The molecule has 0 bridgehead atoms. The molecular weight excluding hydrogens is 283 g/mol. The summed E-state index contributed by atoms with van der Waals surface area (Å²) in [5.41, 5.74) is -0.610. The zero-order chi connectivity index (χ0) is 15.8. The molecule has 0 spiro atoms. The molecule has 1 aromatic rings. The predicted octanol–water partition coefficient (Wildman–Crippen LogP) is 3.55. The summed E-state index contributed by atoms with van der Waals surface area (Å²) in [6, 6.07) is 4.22. The lowest BCUT2D eigenvalue weighted by Crippen LogP contribution is -2.29. The molecule has 3 nitrogen and oxygen atoms in total. The van der Waals surface area contributed by atoms with Crippen molar-refractivity contribution in [3.05, 3.63) is 41.5 Å². The summed E-state index contributed by atoms with van der Waals surface area (Å²) in [4.78, 5) is 24.9. The highest BCUT2D eigenvalue weighted by Gasteiger charge is 2.37. The molecule has 1 aliphatic rings. The Balaban J connectivity index is 2.39. The molecule has 0 radical (unpaired) electrons. The minimum atomic E-state index is -4.52. The molecule has 1 fully saturated rings. The van der Waals surface area contributed by atoms with E-state index in [4.69, 9.17) is 0 Å². The van der Waals surface area contributed by atoms with Crippen LogP contribution < -0.4 is 4.90 Å². The highest BCUT2D eigenvalue weighted by molar-refractivity contribution is 6.28. The molecule has 21 heavy (non-hydrogen) atoms. The normalized spacial score (nSPS) is 18.2. The van der Waals surface area contributed by atoms with Gasteiger partial charge in [0.05, 0.1) is 17.7 Å². The zero-order valence-electron chi connectivity index (χ0n) is 11.6. The van der Waals surface area contributed by atoms with Crippen LogP contribution in [-0.4, -0.2) is 11.8 Å². The SMILES string of the molecule is CC(C)C=C1CC(=O)N(c2cccc(C(F)(F)F)c2)C1=O. The molecule has 1 saturated heterocycles. The van der Waals surface area contributed by atoms with E-state index in [1.807, 2.05) is 13.8 Å². The van der Waals surface area contributed by atoms with Crippen molar-refractivity contribution in [2.24, 2.45) is 5.92 Å². The average molecular weight is 297 g/mol. The van der Waals surface area contributed by atoms with Crippen molar-refractivity contribution in [2.75, 3.05) is 4.90 Å². The van der Waals surface area contributed by atoms with Crippen molar-refractivity contribution in [1.29, 1.82) is 0 Å². The van der Waals surface area contributed by atoms with Gasteiger partial charge in [-0.3, -0.25) is 9.59 Å².